The summed E-state index contributed by atoms with van der Waals surface area (Å²) in [6.07, 6.45) is 0. The molecule has 0 bridgehead atoms. The summed E-state index contributed by atoms with van der Waals surface area (Å²) < 4.78 is 10.3. The molecule has 21 heavy (non-hydrogen) atoms. The molecule has 0 spiro atoms. The molecule has 0 heterocycles. The van der Waals surface area contributed by atoms with E-state index in [1.54, 1.807) is 38.4 Å². The predicted molar refractivity (Wildman–Crippen MR) is 83.1 cm³/mol. The first-order valence-electron chi connectivity index (χ1n) is 6.42. The summed E-state index contributed by atoms with van der Waals surface area (Å²) in [6.45, 7) is 0. The minimum atomic E-state index is -0.172. The topological polar surface area (TPSA) is 64.8 Å². The van der Waals surface area contributed by atoms with Crippen LogP contribution in [0.2, 0.25) is 0 Å². The lowest BCUT2D eigenvalue weighted by atomic mass is 10.1. The standard InChI is InChI=1S/C16H18N2O3/c1-18(13-5-4-6-14(10-13)20-2)16(19)11-7-12(17)9-15(8-11)21-3/h4-10H,17H2,1-3H3. The van der Waals surface area contributed by atoms with Crippen LogP contribution in [0.4, 0.5) is 11.4 Å². The van der Waals surface area contributed by atoms with E-state index in [2.05, 4.69) is 0 Å². The van der Waals surface area contributed by atoms with Crippen molar-refractivity contribution in [3.05, 3.63) is 48.0 Å². The maximum Gasteiger partial charge on any atom is 0.258 e. The Bertz CT molecular complexity index is 656. The molecule has 5 heteroatoms. The maximum atomic E-state index is 12.5. The van der Waals surface area contributed by atoms with E-state index in [4.69, 9.17) is 15.2 Å². The van der Waals surface area contributed by atoms with Crippen LogP contribution in [0.1, 0.15) is 10.4 Å². The summed E-state index contributed by atoms with van der Waals surface area (Å²) in [5.41, 5.74) is 7.48. The molecule has 0 unspecified atom stereocenters. The number of amides is 1. The van der Waals surface area contributed by atoms with Gasteiger partial charge in [0.1, 0.15) is 11.5 Å². The van der Waals surface area contributed by atoms with E-state index in [-0.39, 0.29) is 5.91 Å². The number of nitrogen functional groups attached to an aromatic ring is 1. The lowest BCUT2D eigenvalue weighted by Crippen LogP contribution is -2.26. The van der Waals surface area contributed by atoms with Crippen molar-refractivity contribution < 1.29 is 14.3 Å². The van der Waals surface area contributed by atoms with Crippen molar-refractivity contribution in [2.24, 2.45) is 0 Å². The summed E-state index contributed by atoms with van der Waals surface area (Å²) in [4.78, 5) is 14.1. The number of anilines is 2. The van der Waals surface area contributed by atoms with Crippen LogP contribution >= 0.6 is 0 Å². The molecule has 0 aliphatic rings. The number of carbonyl (C=O) groups is 1. The Kier molecular flexibility index (Phi) is 4.33. The summed E-state index contributed by atoms with van der Waals surface area (Å²) in [7, 11) is 4.82. The highest BCUT2D eigenvalue weighted by atomic mass is 16.5. The molecule has 2 aromatic carbocycles. The van der Waals surface area contributed by atoms with E-state index in [0.29, 0.717) is 22.7 Å². The van der Waals surface area contributed by atoms with Crippen molar-refractivity contribution in [2.75, 3.05) is 31.9 Å². The minimum absolute atomic E-state index is 0.172. The van der Waals surface area contributed by atoms with Crippen LogP contribution in [-0.4, -0.2) is 27.2 Å². The van der Waals surface area contributed by atoms with Gasteiger partial charge in [-0.25, -0.2) is 0 Å². The molecule has 2 rings (SSSR count). The van der Waals surface area contributed by atoms with Crippen molar-refractivity contribution >= 4 is 17.3 Å². The van der Waals surface area contributed by atoms with E-state index in [1.807, 2.05) is 18.2 Å². The third kappa shape index (κ3) is 3.25. The van der Waals surface area contributed by atoms with Gasteiger partial charge in [0.2, 0.25) is 0 Å². The monoisotopic (exact) mass is 286 g/mol. The van der Waals surface area contributed by atoms with Crippen molar-refractivity contribution in [1.29, 1.82) is 0 Å². The van der Waals surface area contributed by atoms with E-state index >= 15 is 0 Å². The van der Waals surface area contributed by atoms with E-state index in [1.165, 1.54) is 12.0 Å². The number of benzene rings is 2. The fourth-order valence-electron chi connectivity index (χ4n) is 1.99. The molecule has 0 atom stereocenters. The number of hydrogen-bond donors (Lipinski definition) is 1. The van der Waals surface area contributed by atoms with E-state index < -0.39 is 0 Å². The van der Waals surface area contributed by atoms with Gasteiger partial charge in [-0.05, 0) is 24.3 Å². The van der Waals surface area contributed by atoms with E-state index in [9.17, 15) is 4.79 Å². The summed E-state index contributed by atoms with van der Waals surface area (Å²) in [6, 6.07) is 12.2. The third-order valence-electron chi connectivity index (χ3n) is 3.16. The molecular formula is C16H18N2O3. The SMILES string of the molecule is COc1cc(N)cc(C(=O)N(C)c2cccc(OC)c2)c1. The third-order valence-corrected chi connectivity index (χ3v) is 3.16. The first-order chi connectivity index (χ1) is 10.0. The largest absolute Gasteiger partial charge is 0.497 e. The molecule has 0 saturated heterocycles. The van der Waals surface area contributed by atoms with Gasteiger partial charge in [0, 0.05) is 36.1 Å². The second-order valence-corrected chi connectivity index (χ2v) is 4.56. The average molecular weight is 286 g/mol. The highest BCUT2D eigenvalue weighted by Gasteiger charge is 2.15. The molecule has 2 aromatic rings. The number of ether oxygens (including phenoxy) is 2. The number of nitrogens with zero attached hydrogens (tertiary/aromatic N) is 1. The summed E-state index contributed by atoms with van der Waals surface area (Å²) >= 11 is 0. The highest BCUT2D eigenvalue weighted by Crippen LogP contribution is 2.24. The lowest BCUT2D eigenvalue weighted by Gasteiger charge is -2.18. The number of methoxy groups -OCH3 is 2. The molecule has 5 nitrogen and oxygen atoms in total. The van der Waals surface area contributed by atoms with Gasteiger partial charge >= 0.3 is 0 Å². The summed E-state index contributed by atoms with van der Waals surface area (Å²) in [5, 5.41) is 0. The molecule has 0 aromatic heterocycles. The van der Waals surface area contributed by atoms with Crippen molar-refractivity contribution in [2.45, 2.75) is 0 Å². The molecule has 0 aliphatic carbocycles. The van der Waals surface area contributed by atoms with Gasteiger partial charge in [-0.2, -0.15) is 0 Å². The zero-order valence-corrected chi connectivity index (χ0v) is 12.3. The molecule has 0 radical (unpaired) electrons. The number of nitrogens with two attached hydrogens (primary N) is 1. The fraction of sp³-hybridized carbons (Fsp3) is 0.188. The highest BCUT2D eigenvalue weighted by molar-refractivity contribution is 6.06. The van der Waals surface area contributed by atoms with Gasteiger partial charge in [-0.3, -0.25) is 4.79 Å². The summed E-state index contributed by atoms with van der Waals surface area (Å²) in [5.74, 6) is 1.07. The van der Waals surface area contributed by atoms with Gasteiger partial charge in [-0.15, -0.1) is 0 Å². The first-order valence-corrected chi connectivity index (χ1v) is 6.42. The smallest absolute Gasteiger partial charge is 0.258 e. The van der Waals surface area contributed by atoms with Crippen molar-refractivity contribution in [3.8, 4) is 11.5 Å². The number of carbonyl (C=O) groups excluding carboxylic acids is 1. The van der Waals surface area contributed by atoms with Crippen molar-refractivity contribution in [1.82, 2.24) is 0 Å². The molecule has 1 amide bonds. The van der Waals surface area contributed by atoms with Gasteiger partial charge in [-0.1, -0.05) is 6.07 Å². The zero-order valence-electron chi connectivity index (χ0n) is 12.3. The zero-order chi connectivity index (χ0) is 15.4. The molecule has 2 N–H and O–H groups in total. The Morgan fingerprint density at radius 3 is 2.43 bits per heavy atom. The molecule has 0 aliphatic heterocycles. The van der Waals surface area contributed by atoms with Gasteiger partial charge < -0.3 is 20.1 Å². The fourth-order valence-corrected chi connectivity index (χ4v) is 1.99. The van der Waals surface area contributed by atoms with Gasteiger partial charge in [0.25, 0.3) is 5.91 Å². The van der Waals surface area contributed by atoms with Crippen LogP contribution in [0, 0.1) is 0 Å². The van der Waals surface area contributed by atoms with Crippen LogP contribution in [-0.2, 0) is 0 Å². The normalized spacial score (nSPS) is 10.0. The molecular weight excluding hydrogens is 268 g/mol. The lowest BCUT2D eigenvalue weighted by molar-refractivity contribution is 0.0992. The Labute approximate surface area is 123 Å². The second kappa shape index (κ2) is 6.17. The van der Waals surface area contributed by atoms with Crippen LogP contribution in [0.15, 0.2) is 42.5 Å². The second-order valence-electron chi connectivity index (χ2n) is 4.56. The Balaban J connectivity index is 2.32. The molecule has 0 fully saturated rings. The Morgan fingerprint density at radius 2 is 1.76 bits per heavy atom. The maximum absolute atomic E-state index is 12.5. The van der Waals surface area contributed by atoms with Crippen LogP contribution in [0.5, 0.6) is 11.5 Å². The Hall–Kier alpha value is -2.69. The van der Waals surface area contributed by atoms with E-state index in [0.717, 1.165) is 5.69 Å². The quantitative estimate of drug-likeness (QED) is 0.877. The number of hydrogen-bond acceptors (Lipinski definition) is 4. The van der Waals surface area contributed by atoms with Crippen molar-refractivity contribution in [3.63, 3.8) is 0 Å². The molecule has 110 valence electrons. The minimum Gasteiger partial charge on any atom is -0.497 e. The van der Waals surface area contributed by atoms with Crippen LogP contribution in [0.25, 0.3) is 0 Å². The van der Waals surface area contributed by atoms with Gasteiger partial charge in [0.05, 0.1) is 14.2 Å². The van der Waals surface area contributed by atoms with Gasteiger partial charge in [0.15, 0.2) is 0 Å². The van der Waals surface area contributed by atoms with Crippen LogP contribution < -0.4 is 20.1 Å². The molecule has 0 saturated carbocycles. The number of rotatable bonds is 4. The van der Waals surface area contributed by atoms with Crippen LogP contribution in [0.3, 0.4) is 0 Å². The predicted octanol–water partition coefficient (Wildman–Crippen LogP) is 2.56. The Morgan fingerprint density at radius 1 is 1.05 bits per heavy atom. The average Bonchev–Trinajstić information content (AvgIpc) is 2.52. The first kappa shape index (κ1) is 14.7.